The van der Waals surface area contributed by atoms with Crippen LogP contribution >= 0.6 is 11.8 Å². The summed E-state index contributed by atoms with van der Waals surface area (Å²) in [5, 5.41) is 17.6. The molecule has 0 bridgehead atoms. The number of likely N-dealkylation sites (tertiary alicyclic amines) is 1. The van der Waals surface area contributed by atoms with E-state index in [4.69, 9.17) is 0 Å². The third-order valence-electron chi connectivity index (χ3n) is 7.69. The number of β-amino-alcohol motifs (C(OH)–C–C–N with tert-alkyl or cyclic N) is 1. The van der Waals surface area contributed by atoms with Crippen LogP contribution in [0.1, 0.15) is 59.8 Å². The maximum atomic E-state index is 13.4. The second-order valence-electron chi connectivity index (χ2n) is 12.5. The number of thioether (sulfide) groups is 1. The van der Waals surface area contributed by atoms with E-state index < -0.39 is 33.8 Å². The lowest BCUT2D eigenvalue weighted by atomic mass is 9.72. The van der Waals surface area contributed by atoms with E-state index in [1.807, 2.05) is 51.1 Å². The van der Waals surface area contributed by atoms with E-state index in [1.165, 1.54) is 24.6 Å². The lowest BCUT2D eigenvalue weighted by Crippen LogP contribution is -2.60. The first-order chi connectivity index (χ1) is 18.2. The molecule has 1 aliphatic carbocycles. The topological polar surface area (TPSA) is 116 Å². The average Bonchev–Trinajstić information content (AvgIpc) is 2.84. The third kappa shape index (κ3) is 10.4. The Hall–Kier alpha value is -1.62. The van der Waals surface area contributed by atoms with E-state index in [2.05, 4.69) is 15.5 Å². The highest BCUT2D eigenvalue weighted by Gasteiger charge is 2.41. The molecule has 0 aromatic heterocycles. The van der Waals surface area contributed by atoms with E-state index in [0.29, 0.717) is 17.6 Å². The zero-order valence-corrected chi connectivity index (χ0v) is 25.7. The standard InChI is InChI=1S/C29H47N3O5S2/c1-20(19-39(5,36)37)27(34)30-24(18-38-23-13-7-6-8-14-23)26(33)17-32-16-22-12-10-9-11-21(22)15-25(32)28(35)31-29(2,3)4/h6-8,13-14,20-22,24-26,33H,9-12,15-19H2,1-5H3,(H,30,34)(H,31,35)/t20-,21?,22?,24+,25+,26-/m1/s1. The van der Waals surface area contributed by atoms with Crippen molar-refractivity contribution in [3.8, 4) is 0 Å². The molecular formula is C29H47N3O5S2. The van der Waals surface area contributed by atoms with Gasteiger partial charge in [-0.15, -0.1) is 11.8 Å². The largest absolute Gasteiger partial charge is 0.390 e. The summed E-state index contributed by atoms with van der Waals surface area (Å²) in [5.41, 5.74) is -0.358. The number of amides is 2. The van der Waals surface area contributed by atoms with Crippen LogP contribution in [0.25, 0.3) is 0 Å². The van der Waals surface area contributed by atoms with Crippen molar-refractivity contribution in [3.05, 3.63) is 30.3 Å². The highest BCUT2D eigenvalue weighted by molar-refractivity contribution is 7.99. The Kier molecular flexibility index (Phi) is 11.3. The number of nitrogens with one attached hydrogen (secondary N) is 2. The molecule has 220 valence electrons. The molecule has 2 amide bonds. The molecule has 39 heavy (non-hydrogen) atoms. The summed E-state index contributed by atoms with van der Waals surface area (Å²) < 4.78 is 23.6. The molecule has 2 unspecified atom stereocenters. The van der Waals surface area contributed by atoms with Gasteiger partial charge in [-0.2, -0.15) is 0 Å². The molecule has 1 heterocycles. The summed E-state index contributed by atoms with van der Waals surface area (Å²) in [6, 6.07) is 8.82. The summed E-state index contributed by atoms with van der Waals surface area (Å²) in [6.45, 7) is 8.51. The third-order valence-corrected chi connectivity index (χ3v) is 9.93. The van der Waals surface area contributed by atoms with Crippen molar-refractivity contribution in [2.24, 2.45) is 17.8 Å². The molecule has 1 saturated heterocycles. The van der Waals surface area contributed by atoms with Gasteiger partial charge < -0.3 is 15.7 Å². The Morgan fingerprint density at radius 1 is 1.13 bits per heavy atom. The first kappa shape index (κ1) is 31.9. The van der Waals surface area contributed by atoms with Gasteiger partial charge in [0.1, 0.15) is 9.84 Å². The number of carbonyl (C=O) groups is 2. The van der Waals surface area contributed by atoms with Crippen LogP contribution in [-0.4, -0.2) is 84.8 Å². The fourth-order valence-corrected chi connectivity index (χ4v) is 7.89. The van der Waals surface area contributed by atoms with Gasteiger partial charge in [-0.1, -0.05) is 44.4 Å². The first-order valence-electron chi connectivity index (χ1n) is 14.1. The lowest BCUT2D eigenvalue weighted by molar-refractivity contribution is -0.133. The number of hydrogen-bond donors (Lipinski definition) is 3. The van der Waals surface area contributed by atoms with Crippen molar-refractivity contribution in [2.75, 3.05) is 30.9 Å². The first-order valence-corrected chi connectivity index (χ1v) is 17.2. The zero-order valence-electron chi connectivity index (χ0n) is 24.1. The number of aliphatic hydroxyl groups is 1. The van der Waals surface area contributed by atoms with Gasteiger partial charge in [0.05, 0.1) is 23.9 Å². The number of carbonyl (C=O) groups excluding carboxylic acids is 2. The Morgan fingerprint density at radius 3 is 2.38 bits per heavy atom. The summed E-state index contributed by atoms with van der Waals surface area (Å²) >= 11 is 1.53. The molecular weight excluding hydrogens is 534 g/mol. The number of rotatable bonds is 11. The maximum Gasteiger partial charge on any atom is 0.237 e. The lowest BCUT2D eigenvalue weighted by Gasteiger charge is -2.47. The van der Waals surface area contributed by atoms with Gasteiger partial charge in [0, 0.05) is 41.5 Å². The molecule has 1 aromatic rings. The molecule has 6 atom stereocenters. The minimum absolute atomic E-state index is 0.0141. The van der Waals surface area contributed by atoms with Crippen LogP contribution in [0.2, 0.25) is 0 Å². The zero-order chi connectivity index (χ0) is 28.8. The highest BCUT2D eigenvalue weighted by Crippen LogP contribution is 2.39. The van der Waals surface area contributed by atoms with Crippen molar-refractivity contribution in [1.29, 1.82) is 0 Å². The molecule has 10 heteroatoms. The molecule has 1 saturated carbocycles. The van der Waals surface area contributed by atoms with Crippen molar-refractivity contribution in [1.82, 2.24) is 15.5 Å². The number of nitrogens with zero attached hydrogens (tertiary/aromatic N) is 1. The summed E-state index contributed by atoms with van der Waals surface area (Å²) in [6.07, 6.45) is 5.64. The predicted octanol–water partition coefficient (Wildman–Crippen LogP) is 3.10. The van der Waals surface area contributed by atoms with Gasteiger partial charge in [0.15, 0.2) is 0 Å². The summed E-state index contributed by atoms with van der Waals surface area (Å²) in [7, 11) is -3.33. The van der Waals surface area contributed by atoms with Gasteiger partial charge in [-0.3, -0.25) is 14.5 Å². The van der Waals surface area contributed by atoms with Gasteiger partial charge in [0.2, 0.25) is 11.8 Å². The van der Waals surface area contributed by atoms with Gasteiger partial charge in [0.25, 0.3) is 0 Å². The molecule has 0 spiro atoms. The van der Waals surface area contributed by atoms with Crippen LogP contribution in [-0.2, 0) is 19.4 Å². The minimum atomic E-state index is -3.33. The van der Waals surface area contributed by atoms with E-state index in [-0.39, 0.29) is 29.8 Å². The SMILES string of the molecule is C[C@H](CS(C)(=O)=O)C(=O)N[C@@H](CSc1ccccc1)[C@H](O)CN1CC2CCCCC2C[C@H]1C(=O)NC(C)(C)C. The Bertz CT molecular complexity index is 1060. The molecule has 3 rings (SSSR count). The van der Waals surface area contributed by atoms with Crippen LogP contribution < -0.4 is 10.6 Å². The molecule has 2 aliphatic rings. The van der Waals surface area contributed by atoms with Crippen LogP contribution in [0.5, 0.6) is 0 Å². The summed E-state index contributed by atoms with van der Waals surface area (Å²) in [4.78, 5) is 29.5. The number of piperidine rings is 1. The monoisotopic (exact) mass is 581 g/mol. The van der Waals surface area contributed by atoms with Gasteiger partial charge in [-0.25, -0.2) is 8.42 Å². The van der Waals surface area contributed by atoms with E-state index in [9.17, 15) is 23.1 Å². The van der Waals surface area contributed by atoms with E-state index in [1.54, 1.807) is 6.92 Å². The van der Waals surface area contributed by atoms with Crippen LogP contribution in [0, 0.1) is 17.8 Å². The van der Waals surface area contributed by atoms with Crippen LogP contribution in [0.15, 0.2) is 35.2 Å². The van der Waals surface area contributed by atoms with Crippen molar-refractivity contribution >= 4 is 33.4 Å². The number of hydrogen-bond acceptors (Lipinski definition) is 7. The summed E-state index contributed by atoms with van der Waals surface area (Å²) in [5.74, 6) is 0.0412. The second-order valence-corrected chi connectivity index (χ2v) is 15.8. The van der Waals surface area contributed by atoms with E-state index in [0.717, 1.165) is 37.0 Å². The molecule has 1 aliphatic heterocycles. The Labute approximate surface area is 239 Å². The molecule has 8 nitrogen and oxygen atoms in total. The van der Waals surface area contributed by atoms with Gasteiger partial charge >= 0.3 is 0 Å². The second kappa shape index (κ2) is 13.8. The fraction of sp³-hybridized carbons (Fsp3) is 0.724. The van der Waals surface area contributed by atoms with E-state index >= 15 is 0 Å². The Balaban J connectivity index is 1.77. The average molecular weight is 582 g/mol. The van der Waals surface area contributed by atoms with Crippen molar-refractivity contribution < 1.29 is 23.1 Å². The number of aliphatic hydroxyl groups excluding tert-OH is 1. The molecule has 0 radical (unpaired) electrons. The quantitative estimate of drug-likeness (QED) is 0.344. The minimum Gasteiger partial charge on any atom is -0.390 e. The van der Waals surface area contributed by atoms with Gasteiger partial charge in [-0.05, 0) is 57.6 Å². The molecule has 2 fully saturated rings. The molecule has 1 aromatic carbocycles. The van der Waals surface area contributed by atoms with Crippen molar-refractivity contribution in [3.63, 3.8) is 0 Å². The number of sulfone groups is 1. The Morgan fingerprint density at radius 2 is 1.77 bits per heavy atom. The normalized spacial score (nSPS) is 24.7. The molecule has 3 N–H and O–H groups in total. The number of benzene rings is 1. The smallest absolute Gasteiger partial charge is 0.237 e. The number of fused-ring (bicyclic) bond motifs is 1. The maximum absolute atomic E-state index is 13.4. The fourth-order valence-electron chi connectivity index (χ4n) is 5.80. The van der Waals surface area contributed by atoms with Crippen LogP contribution in [0.4, 0.5) is 0 Å². The van der Waals surface area contributed by atoms with Crippen LogP contribution in [0.3, 0.4) is 0 Å². The van der Waals surface area contributed by atoms with Crippen molar-refractivity contribution in [2.45, 2.75) is 88.4 Å². The highest BCUT2D eigenvalue weighted by atomic mass is 32.2. The predicted molar refractivity (Wildman–Crippen MR) is 157 cm³/mol.